The van der Waals surface area contributed by atoms with Gasteiger partial charge >= 0.3 is 12.4 Å². The molecule has 2 aromatic rings. The Hall–Kier alpha value is -2.71. The van der Waals surface area contributed by atoms with Gasteiger partial charge in [0.1, 0.15) is 11.6 Å². The fraction of sp³-hybridized carbons (Fsp3) is 0.500. The SMILES string of the molecule is N[C@@H]1CCC[C@H]1CC(=O)C[C@@H]1CCc2cc(C(O)(C(F)(F)F)C(F)(F)F)ccc2N1S(=O)(=O)c1ccc(F)cc1. The monoisotopic (exact) mass is 596 g/mol. The van der Waals surface area contributed by atoms with E-state index in [1.54, 1.807) is 0 Å². The number of fused-ring (bicyclic) bond motifs is 1. The Labute approximate surface area is 226 Å². The van der Waals surface area contributed by atoms with Crippen LogP contribution in [0.3, 0.4) is 0 Å². The van der Waals surface area contributed by atoms with Gasteiger partial charge in [0.05, 0.1) is 16.6 Å². The van der Waals surface area contributed by atoms with Crippen LogP contribution in [0.4, 0.5) is 36.4 Å². The van der Waals surface area contributed by atoms with Crippen LogP contribution in [-0.4, -0.2) is 43.7 Å². The molecule has 1 saturated carbocycles. The van der Waals surface area contributed by atoms with E-state index in [-0.39, 0.29) is 59.6 Å². The van der Waals surface area contributed by atoms with Crippen molar-refractivity contribution < 1.29 is 49.1 Å². The van der Waals surface area contributed by atoms with E-state index in [1.807, 2.05) is 0 Å². The average molecular weight is 597 g/mol. The molecule has 0 unspecified atom stereocenters. The minimum atomic E-state index is -6.12. The highest BCUT2D eigenvalue weighted by Crippen LogP contribution is 2.51. The summed E-state index contributed by atoms with van der Waals surface area (Å²) in [6.07, 6.45) is -10.3. The van der Waals surface area contributed by atoms with Gasteiger partial charge in [-0.2, -0.15) is 26.3 Å². The van der Waals surface area contributed by atoms with Crippen LogP contribution < -0.4 is 10.0 Å². The number of carbonyl (C=O) groups excluding carboxylic acids is 1. The van der Waals surface area contributed by atoms with E-state index in [0.29, 0.717) is 12.1 Å². The molecule has 220 valence electrons. The van der Waals surface area contributed by atoms with E-state index in [1.165, 1.54) is 0 Å². The molecule has 2 aromatic carbocycles. The molecule has 2 aliphatic rings. The number of benzene rings is 2. The number of ketones is 1. The fourth-order valence-corrected chi connectivity index (χ4v) is 7.25. The Bertz CT molecular complexity index is 1350. The van der Waals surface area contributed by atoms with Crippen molar-refractivity contribution in [2.75, 3.05) is 4.31 Å². The number of Topliss-reactive ketones (excluding diaryl/α,β-unsaturated/α-hetero) is 1. The number of alkyl halides is 6. The highest BCUT2D eigenvalue weighted by Gasteiger charge is 2.71. The molecule has 14 heteroatoms. The zero-order valence-electron chi connectivity index (χ0n) is 21.0. The van der Waals surface area contributed by atoms with Gasteiger partial charge in [0, 0.05) is 24.4 Å². The van der Waals surface area contributed by atoms with Gasteiger partial charge in [-0.15, -0.1) is 0 Å². The molecule has 0 aromatic heterocycles. The molecule has 0 amide bonds. The van der Waals surface area contributed by atoms with Crippen molar-refractivity contribution in [1.29, 1.82) is 0 Å². The second-order valence-corrected chi connectivity index (χ2v) is 12.1. The van der Waals surface area contributed by atoms with E-state index in [2.05, 4.69) is 0 Å². The molecule has 0 spiro atoms. The summed E-state index contributed by atoms with van der Waals surface area (Å²) in [6.45, 7) is 0. The number of nitrogens with two attached hydrogens (primary N) is 1. The lowest BCUT2D eigenvalue weighted by Crippen LogP contribution is -2.54. The van der Waals surface area contributed by atoms with Gasteiger partial charge in [0.25, 0.3) is 15.6 Å². The molecule has 4 rings (SSSR count). The number of sulfonamides is 1. The van der Waals surface area contributed by atoms with Crippen molar-refractivity contribution >= 4 is 21.5 Å². The van der Waals surface area contributed by atoms with Crippen molar-refractivity contribution in [1.82, 2.24) is 0 Å². The summed E-state index contributed by atoms with van der Waals surface area (Å²) >= 11 is 0. The summed E-state index contributed by atoms with van der Waals surface area (Å²) in [7, 11) is -4.55. The Kier molecular flexibility index (Phi) is 8.02. The third-order valence-corrected chi connectivity index (χ3v) is 9.56. The number of hydrogen-bond acceptors (Lipinski definition) is 5. The molecule has 6 nitrogen and oxygen atoms in total. The summed E-state index contributed by atoms with van der Waals surface area (Å²) < 4.78 is 123. The summed E-state index contributed by atoms with van der Waals surface area (Å²) in [5.41, 5.74) is -1.09. The van der Waals surface area contributed by atoms with Gasteiger partial charge < -0.3 is 10.8 Å². The number of rotatable bonds is 7. The first kappa shape index (κ1) is 30.3. The Balaban J connectivity index is 1.77. The molecule has 3 N–H and O–H groups in total. The minimum Gasteiger partial charge on any atom is -0.369 e. The Morgan fingerprint density at radius 3 is 2.12 bits per heavy atom. The summed E-state index contributed by atoms with van der Waals surface area (Å²) in [5.74, 6) is -1.09. The molecule has 3 atom stereocenters. The van der Waals surface area contributed by atoms with Gasteiger partial charge in [0.15, 0.2) is 0 Å². The Morgan fingerprint density at radius 2 is 1.57 bits per heavy atom. The van der Waals surface area contributed by atoms with E-state index in [9.17, 15) is 49.1 Å². The topological polar surface area (TPSA) is 101 Å². The first-order chi connectivity index (χ1) is 18.5. The smallest absolute Gasteiger partial charge is 0.369 e. The van der Waals surface area contributed by atoms with Crippen LogP contribution in [0, 0.1) is 11.7 Å². The van der Waals surface area contributed by atoms with Crippen molar-refractivity contribution in [3.8, 4) is 0 Å². The highest BCUT2D eigenvalue weighted by atomic mass is 32.2. The summed E-state index contributed by atoms with van der Waals surface area (Å²) in [5, 5.41) is 9.84. The van der Waals surface area contributed by atoms with Gasteiger partial charge in [-0.25, -0.2) is 12.8 Å². The van der Waals surface area contributed by atoms with Crippen LogP contribution in [0.5, 0.6) is 0 Å². The number of carbonyl (C=O) groups is 1. The molecular formula is C26H27F7N2O4S. The van der Waals surface area contributed by atoms with Crippen LogP contribution in [0.15, 0.2) is 47.4 Å². The van der Waals surface area contributed by atoms with Crippen LogP contribution in [0.25, 0.3) is 0 Å². The van der Waals surface area contributed by atoms with Crippen molar-refractivity contribution in [2.24, 2.45) is 11.7 Å². The predicted octanol–water partition coefficient (Wildman–Crippen LogP) is 5.12. The largest absolute Gasteiger partial charge is 0.430 e. The number of anilines is 1. The maximum absolute atomic E-state index is 13.7. The average Bonchev–Trinajstić information content (AvgIpc) is 3.25. The van der Waals surface area contributed by atoms with Gasteiger partial charge in [-0.3, -0.25) is 9.10 Å². The zero-order chi connectivity index (χ0) is 29.7. The molecular weight excluding hydrogens is 569 g/mol. The van der Waals surface area contributed by atoms with Gasteiger partial charge in [0.2, 0.25) is 0 Å². The zero-order valence-corrected chi connectivity index (χ0v) is 21.8. The molecule has 0 bridgehead atoms. The second kappa shape index (κ2) is 10.6. The highest BCUT2D eigenvalue weighted by molar-refractivity contribution is 7.92. The van der Waals surface area contributed by atoms with Crippen molar-refractivity contribution in [2.45, 2.75) is 79.9 Å². The Morgan fingerprint density at radius 1 is 0.950 bits per heavy atom. The molecule has 0 radical (unpaired) electrons. The maximum Gasteiger partial charge on any atom is 0.430 e. The predicted molar refractivity (Wildman–Crippen MR) is 130 cm³/mol. The normalized spacial score (nSPS) is 22.3. The van der Waals surface area contributed by atoms with Crippen molar-refractivity contribution in [3.63, 3.8) is 0 Å². The molecule has 40 heavy (non-hydrogen) atoms. The maximum atomic E-state index is 13.7. The van der Waals surface area contributed by atoms with E-state index >= 15 is 0 Å². The lowest BCUT2D eigenvalue weighted by atomic mass is 9.86. The summed E-state index contributed by atoms with van der Waals surface area (Å²) in [4.78, 5) is 12.6. The first-order valence-corrected chi connectivity index (χ1v) is 14.0. The number of hydrogen-bond donors (Lipinski definition) is 2. The molecule has 1 fully saturated rings. The van der Waals surface area contributed by atoms with Crippen LogP contribution >= 0.6 is 0 Å². The number of aryl methyl sites for hydroxylation is 1. The number of aliphatic hydroxyl groups is 1. The lowest BCUT2D eigenvalue weighted by Gasteiger charge is -2.39. The van der Waals surface area contributed by atoms with E-state index < -0.39 is 45.4 Å². The first-order valence-electron chi connectivity index (χ1n) is 12.5. The minimum absolute atomic E-state index is 0.0736. The number of nitrogens with zero attached hydrogens (tertiary/aromatic N) is 1. The van der Waals surface area contributed by atoms with Gasteiger partial charge in [-0.05, 0) is 67.5 Å². The number of halogens is 7. The van der Waals surface area contributed by atoms with Crippen LogP contribution in [-0.2, 0) is 26.8 Å². The van der Waals surface area contributed by atoms with E-state index in [4.69, 9.17) is 5.73 Å². The standard InChI is InChI=1S/C26H27F7N2O4S/c27-18-6-9-21(10-7-18)40(38,39)35-19(14-20(36)13-15-2-1-3-22(15)34)8-4-16-12-17(5-11-23(16)35)24(37,25(28,29)30)26(31,32)33/h5-7,9-12,15,19,22,37H,1-4,8,13-14,34H2/t15-,19-,22+/m0/s1. The van der Waals surface area contributed by atoms with Gasteiger partial charge in [-0.1, -0.05) is 18.6 Å². The molecule has 1 aliphatic heterocycles. The molecule has 1 heterocycles. The van der Waals surface area contributed by atoms with Crippen LogP contribution in [0.2, 0.25) is 0 Å². The third kappa shape index (κ3) is 5.45. The molecule has 1 aliphatic carbocycles. The fourth-order valence-electron chi connectivity index (χ4n) is 5.54. The summed E-state index contributed by atoms with van der Waals surface area (Å²) in [6, 6.07) is 4.14. The second-order valence-electron chi connectivity index (χ2n) is 10.3. The molecule has 0 saturated heterocycles. The van der Waals surface area contributed by atoms with Crippen molar-refractivity contribution in [3.05, 3.63) is 59.4 Å². The lowest BCUT2D eigenvalue weighted by molar-refractivity contribution is -0.376. The quantitative estimate of drug-likeness (QED) is 0.432. The third-order valence-electron chi connectivity index (χ3n) is 7.68. The van der Waals surface area contributed by atoms with Crippen LogP contribution in [0.1, 0.15) is 49.7 Å². The van der Waals surface area contributed by atoms with E-state index in [0.717, 1.165) is 53.9 Å².